The minimum Gasteiger partial charge on any atom is -0.510 e. The van der Waals surface area contributed by atoms with Crippen LogP contribution in [0.5, 0.6) is 0 Å². The molecule has 0 saturated carbocycles. The Labute approximate surface area is 109 Å². The molecule has 1 unspecified atom stereocenters. The van der Waals surface area contributed by atoms with Gasteiger partial charge in [-0.3, -0.25) is 0 Å². The van der Waals surface area contributed by atoms with Gasteiger partial charge in [0.25, 0.3) is 0 Å². The van der Waals surface area contributed by atoms with Gasteiger partial charge in [0.15, 0.2) is 0 Å². The number of halogens is 1. The molecular weight excluding hydrogens is 262 g/mol. The molecule has 0 spiro atoms. The number of hydrogen-bond acceptors (Lipinski definition) is 5. The number of rotatable bonds is 4. The summed E-state index contributed by atoms with van der Waals surface area (Å²) in [7, 11) is 0. The number of hydrogen-bond donors (Lipinski definition) is 1. The molecule has 1 heterocycles. The number of alkyl halides is 1. The average molecular weight is 276 g/mol. The number of carbonyl (C=O) groups is 1. The number of aryl methyl sites for hydroxylation is 1. The SMILES string of the molecule is CCOC(=O)/C(=C(/O)C(C)Cl)c1nc(C)cs1. The summed E-state index contributed by atoms with van der Waals surface area (Å²) < 4.78 is 4.89. The Kier molecular flexibility index (Phi) is 4.96. The molecule has 0 radical (unpaired) electrons. The molecule has 6 heteroatoms. The van der Waals surface area contributed by atoms with Crippen molar-refractivity contribution in [2.45, 2.75) is 26.1 Å². The van der Waals surface area contributed by atoms with Crippen molar-refractivity contribution >= 4 is 34.5 Å². The van der Waals surface area contributed by atoms with Gasteiger partial charge in [-0.1, -0.05) is 0 Å². The lowest BCUT2D eigenvalue weighted by atomic mass is 10.2. The second-order valence-electron chi connectivity index (χ2n) is 3.39. The normalized spacial score (nSPS) is 14.1. The van der Waals surface area contributed by atoms with Crippen molar-refractivity contribution in [1.82, 2.24) is 4.98 Å². The molecule has 0 amide bonds. The van der Waals surface area contributed by atoms with Gasteiger partial charge in [-0.25, -0.2) is 9.78 Å². The molecule has 1 atom stereocenters. The Morgan fingerprint density at radius 3 is 2.76 bits per heavy atom. The maximum Gasteiger partial charge on any atom is 0.344 e. The monoisotopic (exact) mass is 275 g/mol. The highest BCUT2D eigenvalue weighted by molar-refractivity contribution is 7.11. The Morgan fingerprint density at radius 2 is 2.35 bits per heavy atom. The summed E-state index contributed by atoms with van der Waals surface area (Å²) in [6.07, 6.45) is 0. The van der Waals surface area contributed by atoms with E-state index in [4.69, 9.17) is 16.3 Å². The van der Waals surface area contributed by atoms with Gasteiger partial charge in [0.05, 0.1) is 12.0 Å². The smallest absolute Gasteiger partial charge is 0.344 e. The number of allylic oxidation sites excluding steroid dienone is 1. The maximum atomic E-state index is 11.8. The van der Waals surface area contributed by atoms with E-state index in [0.717, 1.165) is 5.69 Å². The third-order valence-electron chi connectivity index (χ3n) is 1.95. The van der Waals surface area contributed by atoms with Crippen LogP contribution in [0, 0.1) is 6.92 Å². The Morgan fingerprint density at radius 1 is 1.71 bits per heavy atom. The van der Waals surface area contributed by atoms with Crippen LogP contribution in [0.2, 0.25) is 0 Å². The van der Waals surface area contributed by atoms with Gasteiger partial charge < -0.3 is 9.84 Å². The highest BCUT2D eigenvalue weighted by atomic mass is 35.5. The van der Waals surface area contributed by atoms with Gasteiger partial charge in [-0.05, 0) is 20.8 Å². The first kappa shape index (κ1) is 14.0. The molecule has 1 aromatic heterocycles. The fourth-order valence-electron chi connectivity index (χ4n) is 1.17. The van der Waals surface area contributed by atoms with Gasteiger partial charge in [-0.15, -0.1) is 22.9 Å². The Hall–Kier alpha value is -1.07. The van der Waals surface area contributed by atoms with E-state index in [1.54, 1.807) is 19.2 Å². The molecule has 0 aliphatic heterocycles. The van der Waals surface area contributed by atoms with E-state index in [-0.39, 0.29) is 17.9 Å². The van der Waals surface area contributed by atoms with E-state index in [9.17, 15) is 9.90 Å². The lowest BCUT2D eigenvalue weighted by Crippen LogP contribution is -2.12. The van der Waals surface area contributed by atoms with Gasteiger partial charge in [0.2, 0.25) is 0 Å². The number of ether oxygens (including phenoxy) is 1. The lowest BCUT2D eigenvalue weighted by Gasteiger charge is -2.09. The van der Waals surface area contributed by atoms with Crippen molar-refractivity contribution in [3.8, 4) is 0 Å². The van der Waals surface area contributed by atoms with E-state index in [1.807, 2.05) is 6.92 Å². The molecule has 0 aliphatic rings. The van der Waals surface area contributed by atoms with Crippen molar-refractivity contribution < 1.29 is 14.6 Å². The standard InChI is InChI=1S/C11H14ClNO3S/c1-4-16-11(15)8(9(14)7(3)12)10-13-6(2)5-17-10/h5,7,14H,4H2,1-3H3/b9-8+. The average Bonchev–Trinajstić information content (AvgIpc) is 2.65. The molecule has 1 N–H and O–H groups in total. The highest BCUT2D eigenvalue weighted by Crippen LogP contribution is 2.26. The van der Waals surface area contributed by atoms with Crippen LogP contribution in [0.25, 0.3) is 5.57 Å². The summed E-state index contributed by atoms with van der Waals surface area (Å²) in [6.45, 7) is 5.32. The molecule has 0 fully saturated rings. The number of carbonyl (C=O) groups excluding carboxylic acids is 1. The zero-order valence-corrected chi connectivity index (χ0v) is 11.4. The number of aliphatic hydroxyl groups is 1. The molecule has 1 rings (SSSR count). The van der Waals surface area contributed by atoms with Crippen LogP contribution in [-0.4, -0.2) is 28.0 Å². The first-order chi connectivity index (χ1) is 7.97. The summed E-state index contributed by atoms with van der Waals surface area (Å²) in [5, 5.41) is 11.4. The van der Waals surface area contributed by atoms with Crippen LogP contribution in [0.15, 0.2) is 11.1 Å². The van der Waals surface area contributed by atoms with Crippen LogP contribution in [0.1, 0.15) is 24.5 Å². The summed E-state index contributed by atoms with van der Waals surface area (Å²) in [5.41, 5.74) is 0.828. The molecule has 0 bridgehead atoms. The molecular formula is C11H14ClNO3S. The lowest BCUT2D eigenvalue weighted by molar-refractivity contribution is -0.136. The van der Waals surface area contributed by atoms with E-state index < -0.39 is 11.3 Å². The van der Waals surface area contributed by atoms with Crippen molar-refractivity contribution in [3.05, 3.63) is 21.8 Å². The van der Waals surface area contributed by atoms with E-state index in [1.165, 1.54) is 11.3 Å². The predicted molar refractivity (Wildman–Crippen MR) is 68.3 cm³/mol. The second-order valence-corrected chi connectivity index (χ2v) is 4.90. The number of aliphatic hydroxyl groups excluding tert-OH is 1. The summed E-state index contributed by atoms with van der Waals surface area (Å²) in [4.78, 5) is 15.9. The number of nitrogens with zero attached hydrogens (tertiary/aromatic N) is 1. The molecule has 1 aromatic rings. The minimum absolute atomic E-state index is 0.0486. The zero-order chi connectivity index (χ0) is 13.0. The predicted octanol–water partition coefficient (Wildman–Crippen LogP) is 2.91. The minimum atomic E-state index is -0.668. The number of thiazole rings is 1. The van der Waals surface area contributed by atoms with Crippen molar-refractivity contribution in [2.75, 3.05) is 6.61 Å². The summed E-state index contributed by atoms with van der Waals surface area (Å²) in [6, 6.07) is 0. The molecule has 0 aromatic carbocycles. The fraction of sp³-hybridized carbons (Fsp3) is 0.455. The van der Waals surface area contributed by atoms with Gasteiger partial charge in [0.1, 0.15) is 16.3 Å². The molecule has 94 valence electrons. The zero-order valence-electron chi connectivity index (χ0n) is 9.86. The van der Waals surface area contributed by atoms with Gasteiger partial charge in [0, 0.05) is 11.1 Å². The van der Waals surface area contributed by atoms with Crippen LogP contribution >= 0.6 is 22.9 Å². The molecule has 4 nitrogen and oxygen atoms in total. The third kappa shape index (κ3) is 3.44. The van der Waals surface area contributed by atoms with Crippen LogP contribution in [0.3, 0.4) is 0 Å². The first-order valence-electron chi connectivity index (χ1n) is 5.14. The fourth-order valence-corrected chi connectivity index (χ4v) is 2.12. The van der Waals surface area contributed by atoms with Gasteiger partial charge in [-0.2, -0.15) is 0 Å². The van der Waals surface area contributed by atoms with Crippen LogP contribution < -0.4 is 0 Å². The van der Waals surface area contributed by atoms with E-state index in [0.29, 0.717) is 5.01 Å². The quantitative estimate of drug-likeness (QED) is 0.397. The van der Waals surface area contributed by atoms with E-state index in [2.05, 4.69) is 4.98 Å². The second kappa shape index (κ2) is 6.02. The Balaban J connectivity index is 3.21. The maximum absolute atomic E-state index is 11.8. The van der Waals surface area contributed by atoms with Crippen LogP contribution in [-0.2, 0) is 9.53 Å². The Bertz CT molecular complexity index is 440. The van der Waals surface area contributed by atoms with Crippen molar-refractivity contribution in [1.29, 1.82) is 0 Å². The van der Waals surface area contributed by atoms with Crippen molar-refractivity contribution in [3.63, 3.8) is 0 Å². The van der Waals surface area contributed by atoms with Gasteiger partial charge >= 0.3 is 5.97 Å². The topological polar surface area (TPSA) is 59.4 Å². The largest absolute Gasteiger partial charge is 0.510 e. The van der Waals surface area contributed by atoms with E-state index >= 15 is 0 Å². The summed E-state index contributed by atoms with van der Waals surface area (Å²) in [5.74, 6) is -0.814. The highest BCUT2D eigenvalue weighted by Gasteiger charge is 2.24. The van der Waals surface area contributed by atoms with Crippen LogP contribution in [0.4, 0.5) is 0 Å². The first-order valence-corrected chi connectivity index (χ1v) is 6.45. The number of esters is 1. The molecule has 17 heavy (non-hydrogen) atoms. The number of aromatic nitrogens is 1. The molecule has 0 aliphatic carbocycles. The third-order valence-corrected chi connectivity index (χ3v) is 3.13. The van der Waals surface area contributed by atoms with Crippen molar-refractivity contribution in [2.24, 2.45) is 0 Å². The molecule has 0 saturated heterocycles. The summed E-state index contributed by atoms with van der Waals surface area (Å²) >= 11 is 7.05.